The van der Waals surface area contributed by atoms with Gasteiger partial charge in [0, 0.05) is 28.9 Å². The first-order chi connectivity index (χ1) is 8.68. The van der Waals surface area contributed by atoms with Gasteiger partial charge in [-0.1, -0.05) is 0 Å². The van der Waals surface area contributed by atoms with Crippen LogP contribution in [0.4, 0.5) is 10.1 Å². The van der Waals surface area contributed by atoms with Crippen LogP contribution in [0, 0.1) is 15.9 Å². The zero-order valence-corrected chi connectivity index (χ0v) is 11.1. The molecule has 0 aliphatic carbocycles. The normalized spacial score (nSPS) is 11.1. The third-order valence-corrected chi connectivity index (χ3v) is 3.40. The fourth-order valence-electron chi connectivity index (χ4n) is 1.29. The van der Waals surface area contributed by atoms with E-state index in [4.69, 9.17) is 10.7 Å². The molecule has 7 nitrogen and oxygen atoms in total. The van der Waals surface area contributed by atoms with Gasteiger partial charge in [-0.2, -0.15) is 4.39 Å². The third kappa shape index (κ3) is 3.38. The lowest BCUT2D eigenvalue weighted by Gasteiger charge is -2.05. The highest BCUT2D eigenvalue weighted by Crippen LogP contribution is 2.28. The quantitative estimate of drug-likeness (QED) is 0.514. The molecule has 0 aliphatic rings. The molecular formula is C9H8ClFN2O5S. The summed E-state index contributed by atoms with van der Waals surface area (Å²) in [6, 6.07) is 1.29. The number of hydrogen-bond acceptors (Lipinski definition) is 5. The maximum atomic E-state index is 13.6. The lowest BCUT2D eigenvalue weighted by molar-refractivity contribution is -0.387. The number of hydrogen-bond donors (Lipinski definition) is 1. The summed E-state index contributed by atoms with van der Waals surface area (Å²) in [6.45, 7) is 1.81. The number of halogens is 2. The second-order valence-corrected chi connectivity index (χ2v) is 5.90. The predicted octanol–water partition coefficient (Wildman–Crippen LogP) is 1.41. The van der Waals surface area contributed by atoms with Crippen molar-refractivity contribution in [1.82, 2.24) is 5.32 Å². The predicted molar refractivity (Wildman–Crippen MR) is 64.1 cm³/mol. The minimum atomic E-state index is -4.55. The lowest BCUT2D eigenvalue weighted by atomic mass is 10.2. The number of carbonyl (C=O) groups excluding carboxylic acids is 1. The zero-order valence-electron chi connectivity index (χ0n) is 9.51. The summed E-state index contributed by atoms with van der Waals surface area (Å²) in [5, 5.41) is 12.9. The molecule has 0 atom stereocenters. The van der Waals surface area contributed by atoms with Gasteiger partial charge in [0.2, 0.25) is 5.82 Å². The fourth-order valence-corrected chi connectivity index (χ4v) is 2.21. The van der Waals surface area contributed by atoms with Gasteiger partial charge in [-0.25, -0.2) is 8.42 Å². The number of nitro groups is 1. The number of amides is 1. The van der Waals surface area contributed by atoms with Crippen molar-refractivity contribution < 1.29 is 22.5 Å². The van der Waals surface area contributed by atoms with Crippen LogP contribution < -0.4 is 5.32 Å². The molecule has 0 fully saturated rings. The van der Waals surface area contributed by atoms with Gasteiger partial charge in [-0.3, -0.25) is 14.9 Å². The van der Waals surface area contributed by atoms with Crippen LogP contribution in [0.1, 0.15) is 17.3 Å². The molecule has 0 saturated carbocycles. The van der Waals surface area contributed by atoms with Crippen molar-refractivity contribution in [3.63, 3.8) is 0 Å². The van der Waals surface area contributed by atoms with Gasteiger partial charge >= 0.3 is 5.69 Å². The van der Waals surface area contributed by atoms with Crippen molar-refractivity contribution in [2.45, 2.75) is 11.8 Å². The molecule has 0 aliphatic heterocycles. The second-order valence-electron chi connectivity index (χ2n) is 3.36. The molecule has 0 unspecified atom stereocenters. The average Bonchev–Trinajstić information content (AvgIpc) is 2.27. The Morgan fingerprint density at radius 1 is 1.53 bits per heavy atom. The Labute approximate surface area is 111 Å². The van der Waals surface area contributed by atoms with Crippen LogP contribution >= 0.6 is 10.7 Å². The van der Waals surface area contributed by atoms with Crippen LogP contribution in [0.15, 0.2) is 17.0 Å². The molecule has 0 spiro atoms. The number of nitro benzene ring substituents is 1. The largest absolute Gasteiger partial charge is 0.352 e. The molecule has 0 radical (unpaired) electrons. The summed E-state index contributed by atoms with van der Waals surface area (Å²) in [7, 11) is 0.424. The smallest absolute Gasteiger partial charge is 0.307 e. The van der Waals surface area contributed by atoms with Crippen LogP contribution in [0.5, 0.6) is 0 Å². The molecule has 0 saturated heterocycles. The SMILES string of the molecule is CCNC(=O)c1cc([N+](=O)[O-])c(F)c(S(=O)(=O)Cl)c1. The monoisotopic (exact) mass is 310 g/mol. The van der Waals surface area contributed by atoms with E-state index in [9.17, 15) is 27.7 Å². The third-order valence-electron chi connectivity index (χ3n) is 2.08. The summed E-state index contributed by atoms with van der Waals surface area (Å²) < 4.78 is 35.9. The summed E-state index contributed by atoms with van der Waals surface area (Å²) in [5.41, 5.74) is -1.50. The van der Waals surface area contributed by atoms with Crippen molar-refractivity contribution in [2.24, 2.45) is 0 Å². The van der Waals surface area contributed by atoms with Crippen molar-refractivity contribution in [2.75, 3.05) is 6.54 Å². The number of nitrogens with zero attached hydrogens (tertiary/aromatic N) is 1. The van der Waals surface area contributed by atoms with E-state index >= 15 is 0 Å². The van der Waals surface area contributed by atoms with Crippen LogP contribution in [-0.2, 0) is 9.05 Å². The fraction of sp³-hybridized carbons (Fsp3) is 0.222. The van der Waals surface area contributed by atoms with Crippen LogP contribution in [0.25, 0.3) is 0 Å². The van der Waals surface area contributed by atoms with Gasteiger partial charge in [-0.15, -0.1) is 0 Å². The molecule has 104 valence electrons. The highest BCUT2D eigenvalue weighted by atomic mass is 35.7. The van der Waals surface area contributed by atoms with E-state index in [1.54, 1.807) is 6.92 Å². The van der Waals surface area contributed by atoms with E-state index in [2.05, 4.69) is 5.32 Å². The molecule has 1 amide bonds. The van der Waals surface area contributed by atoms with Crippen LogP contribution in [0.2, 0.25) is 0 Å². The molecule has 19 heavy (non-hydrogen) atoms. The second kappa shape index (κ2) is 5.49. The van der Waals surface area contributed by atoms with E-state index in [1.807, 2.05) is 0 Å². The topological polar surface area (TPSA) is 106 Å². The number of benzene rings is 1. The van der Waals surface area contributed by atoms with Crippen molar-refractivity contribution in [3.8, 4) is 0 Å². The molecule has 1 rings (SSSR count). The van der Waals surface area contributed by atoms with Gasteiger partial charge in [-0.05, 0) is 13.0 Å². The summed E-state index contributed by atoms with van der Waals surface area (Å²) >= 11 is 0. The first-order valence-electron chi connectivity index (χ1n) is 4.89. The lowest BCUT2D eigenvalue weighted by Crippen LogP contribution is -2.23. The molecule has 0 heterocycles. The van der Waals surface area contributed by atoms with Crippen molar-refractivity contribution in [3.05, 3.63) is 33.6 Å². The Kier molecular flexibility index (Phi) is 4.43. The molecular weight excluding hydrogens is 303 g/mol. The Hall–Kier alpha value is -1.74. The molecule has 1 N–H and O–H groups in total. The van der Waals surface area contributed by atoms with Crippen molar-refractivity contribution >= 4 is 31.3 Å². The summed E-state index contributed by atoms with van der Waals surface area (Å²) in [6.07, 6.45) is 0. The first kappa shape index (κ1) is 15.3. The van der Waals surface area contributed by atoms with E-state index in [0.29, 0.717) is 12.1 Å². The molecule has 1 aromatic carbocycles. The Bertz CT molecular complexity index is 646. The zero-order chi connectivity index (χ0) is 14.8. The minimum absolute atomic E-state index is 0.215. The van der Waals surface area contributed by atoms with E-state index in [0.717, 1.165) is 0 Å². The minimum Gasteiger partial charge on any atom is -0.352 e. The number of carbonyl (C=O) groups is 1. The van der Waals surface area contributed by atoms with E-state index in [-0.39, 0.29) is 12.1 Å². The molecule has 10 heteroatoms. The van der Waals surface area contributed by atoms with Gasteiger partial charge in [0.05, 0.1) is 4.92 Å². The van der Waals surface area contributed by atoms with Crippen LogP contribution in [0.3, 0.4) is 0 Å². The van der Waals surface area contributed by atoms with E-state index in [1.165, 1.54) is 0 Å². The Balaban J connectivity index is 3.58. The average molecular weight is 311 g/mol. The molecule has 0 aromatic heterocycles. The standard InChI is InChI=1S/C9H8ClFN2O5S/c1-2-12-9(14)5-3-6(13(15)16)8(11)7(4-5)19(10,17)18/h3-4H,2H2,1H3,(H,12,14). The summed E-state index contributed by atoms with van der Waals surface area (Å²) in [5.74, 6) is -2.37. The molecule has 1 aromatic rings. The maximum Gasteiger partial charge on any atom is 0.307 e. The van der Waals surface area contributed by atoms with Crippen LogP contribution in [-0.4, -0.2) is 25.8 Å². The maximum absolute atomic E-state index is 13.6. The first-order valence-corrected chi connectivity index (χ1v) is 7.20. The molecule has 0 bridgehead atoms. The number of nitrogens with one attached hydrogen (secondary N) is 1. The van der Waals surface area contributed by atoms with E-state index < -0.39 is 36.3 Å². The Morgan fingerprint density at radius 3 is 2.53 bits per heavy atom. The van der Waals surface area contributed by atoms with Gasteiger partial charge in [0.15, 0.2) is 0 Å². The number of rotatable bonds is 4. The highest BCUT2D eigenvalue weighted by Gasteiger charge is 2.28. The van der Waals surface area contributed by atoms with Gasteiger partial charge in [0.1, 0.15) is 4.90 Å². The van der Waals surface area contributed by atoms with Gasteiger partial charge in [0.25, 0.3) is 15.0 Å². The Morgan fingerprint density at radius 2 is 2.11 bits per heavy atom. The van der Waals surface area contributed by atoms with Crippen molar-refractivity contribution in [1.29, 1.82) is 0 Å². The summed E-state index contributed by atoms with van der Waals surface area (Å²) in [4.78, 5) is 19.9. The highest BCUT2D eigenvalue weighted by molar-refractivity contribution is 8.13. The van der Waals surface area contributed by atoms with Gasteiger partial charge < -0.3 is 5.32 Å².